The first-order chi connectivity index (χ1) is 20.0. The lowest BCUT2D eigenvalue weighted by atomic mass is 10.0. The molecule has 1 aliphatic heterocycles. The molecule has 0 saturated carbocycles. The van der Waals surface area contributed by atoms with Gasteiger partial charge in [-0.3, -0.25) is 18.8 Å². The van der Waals surface area contributed by atoms with Gasteiger partial charge in [0.2, 0.25) is 11.6 Å². The SMILES string of the molecule is COc1ncc(-c2ccc3ncc(OCC(C)(C)N4CCOCC4)c(=O)n3c2)cc1NS(=O)(=O)c1ccc(F)cc1Cl. The number of morpholine rings is 1. The Kier molecular flexibility index (Phi) is 8.37. The lowest BCUT2D eigenvalue weighted by molar-refractivity contribution is -0.0252. The van der Waals surface area contributed by atoms with E-state index in [4.69, 9.17) is 25.8 Å². The van der Waals surface area contributed by atoms with Crippen molar-refractivity contribution < 1.29 is 27.0 Å². The van der Waals surface area contributed by atoms with E-state index in [-0.39, 0.29) is 39.4 Å². The standard InChI is InChI=1S/C28H29ClFN5O6S/c1-28(2,34-8-10-40-11-9-34)17-41-23-15-31-25-7-4-18(16-35(25)27(23)36)19-12-22(26(39-3)32-14-19)33-42(37,38)24-6-5-20(30)13-21(24)29/h4-7,12-16,33H,8-11,17H2,1-3H3. The van der Waals surface area contributed by atoms with Gasteiger partial charge in [0.25, 0.3) is 15.6 Å². The predicted octanol–water partition coefficient (Wildman–Crippen LogP) is 3.85. The maximum absolute atomic E-state index is 13.5. The van der Waals surface area contributed by atoms with Gasteiger partial charge >= 0.3 is 0 Å². The number of nitrogens with zero attached hydrogens (tertiary/aromatic N) is 4. The highest BCUT2D eigenvalue weighted by Crippen LogP contribution is 2.32. The number of pyridine rings is 2. The summed E-state index contributed by atoms with van der Waals surface area (Å²) < 4.78 is 60.0. The van der Waals surface area contributed by atoms with E-state index in [9.17, 15) is 17.6 Å². The van der Waals surface area contributed by atoms with Crippen LogP contribution in [0.5, 0.6) is 11.6 Å². The zero-order valence-electron chi connectivity index (χ0n) is 23.1. The fourth-order valence-electron chi connectivity index (χ4n) is 4.58. The highest BCUT2D eigenvalue weighted by Gasteiger charge is 2.29. The maximum Gasteiger partial charge on any atom is 0.300 e. The lowest BCUT2D eigenvalue weighted by Gasteiger charge is -2.40. The van der Waals surface area contributed by atoms with Gasteiger partial charge in [0.05, 0.1) is 31.5 Å². The largest absolute Gasteiger partial charge is 0.485 e. The number of fused-ring (bicyclic) bond motifs is 1. The number of hydrogen-bond acceptors (Lipinski definition) is 9. The Morgan fingerprint density at radius 1 is 1.10 bits per heavy atom. The van der Waals surface area contributed by atoms with Crippen LogP contribution in [0.1, 0.15) is 13.8 Å². The van der Waals surface area contributed by atoms with E-state index in [0.717, 1.165) is 31.3 Å². The minimum absolute atomic E-state index is 0.00116. The average molecular weight is 618 g/mol. The Morgan fingerprint density at radius 2 is 1.86 bits per heavy atom. The predicted molar refractivity (Wildman–Crippen MR) is 155 cm³/mol. The first kappa shape index (κ1) is 29.7. The molecular weight excluding hydrogens is 589 g/mol. The van der Waals surface area contributed by atoms with E-state index in [2.05, 4.69) is 33.4 Å². The van der Waals surface area contributed by atoms with Crippen LogP contribution in [0, 0.1) is 5.82 Å². The fraction of sp³-hybridized carbons (Fsp3) is 0.321. The van der Waals surface area contributed by atoms with Crippen molar-refractivity contribution >= 4 is 33.0 Å². The summed E-state index contributed by atoms with van der Waals surface area (Å²) >= 11 is 5.99. The summed E-state index contributed by atoms with van der Waals surface area (Å²) in [5.74, 6) is -0.571. The smallest absolute Gasteiger partial charge is 0.300 e. The van der Waals surface area contributed by atoms with Crippen LogP contribution in [0.15, 0.2) is 64.7 Å². The van der Waals surface area contributed by atoms with E-state index >= 15 is 0 Å². The van der Waals surface area contributed by atoms with Gasteiger partial charge in [-0.25, -0.2) is 22.8 Å². The molecule has 0 bridgehead atoms. The number of ether oxygens (including phenoxy) is 3. The number of aromatic nitrogens is 3. The summed E-state index contributed by atoms with van der Waals surface area (Å²) in [6.45, 7) is 7.23. The Hall–Kier alpha value is -3.78. The topological polar surface area (TPSA) is 124 Å². The molecule has 0 unspecified atom stereocenters. The Bertz CT molecular complexity index is 1790. The van der Waals surface area contributed by atoms with Crippen molar-refractivity contribution in [3.05, 3.63) is 76.2 Å². The van der Waals surface area contributed by atoms with Crippen molar-refractivity contribution in [2.45, 2.75) is 24.3 Å². The van der Waals surface area contributed by atoms with E-state index in [1.54, 1.807) is 18.3 Å². The molecule has 0 atom stereocenters. The molecule has 3 aromatic heterocycles. The van der Waals surface area contributed by atoms with Crippen LogP contribution >= 0.6 is 11.6 Å². The minimum atomic E-state index is -4.23. The number of halogens is 2. The highest BCUT2D eigenvalue weighted by atomic mass is 35.5. The molecule has 4 heterocycles. The summed E-state index contributed by atoms with van der Waals surface area (Å²) in [6, 6.07) is 7.85. The number of methoxy groups -OCH3 is 1. The van der Waals surface area contributed by atoms with Gasteiger partial charge in [0.1, 0.15) is 28.7 Å². The second-order valence-corrected chi connectivity index (χ2v) is 12.3. The van der Waals surface area contributed by atoms with Crippen molar-refractivity contribution in [2.75, 3.05) is 44.7 Å². The third kappa shape index (κ3) is 6.19. The molecule has 14 heteroatoms. The van der Waals surface area contributed by atoms with Gasteiger partial charge in [-0.15, -0.1) is 0 Å². The molecule has 1 aromatic carbocycles. The quantitative estimate of drug-likeness (QED) is 0.298. The van der Waals surface area contributed by atoms with Gasteiger partial charge in [-0.2, -0.15) is 0 Å². The number of nitrogens with one attached hydrogen (secondary N) is 1. The third-order valence-electron chi connectivity index (χ3n) is 6.92. The third-order valence-corrected chi connectivity index (χ3v) is 8.77. The summed E-state index contributed by atoms with van der Waals surface area (Å²) in [5.41, 5.74) is 0.724. The summed E-state index contributed by atoms with van der Waals surface area (Å²) in [5, 5.41) is -0.279. The molecule has 4 aromatic rings. The maximum atomic E-state index is 13.5. The monoisotopic (exact) mass is 617 g/mol. The van der Waals surface area contributed by atoms with Gasteiger partial charge in [-0.05, 0) is 50.2 Å². The fourth-order valence-corrected chi connectivity index (χ4v) is 6.16. The van der Waals surface area contributed by atoms with Crippen molar-refractivity contribution in [2.24, 2.45) is 0 Å². The zero-order chi connectivity index (χ0) is 30.1. The van der Waals surface area contributed by atoms with Crippen LogP contribution < -0.4 is 19.8 Å². The molecule has 1 saturated heterocycles. The van der Waals surface area contributed by atoms with Crippen molar-refractivity contribution in [3.8, 4) is 22.8 Å². The van der Waals surface area contributed by atoms with Gasteiger partial charge in [-0.1, -0.05) is 11.6 Å². The molecule has 222 valence electrons. The average Bonchev–Trinajstić information content (AvgIpc) is 2.97. The van der Waals surface area contributed by atoms with Crippen LogP contribution in [0.2, 0.25) is 5.02 Å². The molecule has 1 fully saturated rings. The number of anilines is 1. The van der Waals surface area contributed by atoms with Crippen LogP contribution in [0.25, 0.3) is 16.8 Å². The molecule has 0 spiro atoms. The molecular formula is C28H29ClFN5O6S. The molecule has 1 aliphatic rings. The molecule has 11 nitrogen and oxygen atoms in total. The highest BCUT2D eigenvalue weighted by molar-refractivity contribution is 7.92. The van der Waals surface area contributed by atoms with Crippen molar-refractivity contribution in [1.29, 1.82) is 0 Å². The number of sulfonamides is 1. The van der Waals surface area contributed by atoms with Gasteiger partial charge < -0.3 is 14.2 Å². The minimum Gasteiger partial charge on any atom is -0.485 e. The van der Waals surface area contributed by atoms with Gasteiger partial charge in [0, 0.05) is 42.1 Å². The molecule has 0 radical (unpaired) electrons. The van der Waals surface area contributed by atoms with Crippen LogP contribution in [0.3, 0.4) is 0 Å². The Morgan fingerprint density at radius 3 is 2.57 bits per heavy atom. The van der Waals surface area contributed by atoms with Crippen LogP contribution in [0.4, 0.5) is 10.1 Å². The second kappa shape index (κ2) is 11.8. The normalized spacial score (nSPS) is 14.6. The molecule has 0 aliphatic carbocycles. The lowest BCUT2D eigenvalue weighted by Crippen LogP contribution is -2.53. The number of hydrogen-bond donors (Lipinski definition) is 1. The zero-order valence-corrected chi connectivity index (χ0v) is 24.7. The van der Waals surface area contributed by atoms with Crippen molar-refractivity contribution in [1.82, 2.24) is 19.3 Å². The number of benzene rings is 1. The van der Waals surface area contributed by atoms with E-state index in [1.165, 1.54) is 30.0 Å². The molecule has 42 heavy (non-hydrogen) atoms. The van der Waals surface area contributed by atoms with Gasteiger partial charge in [0.15, 0.2) is 0 Å². The van der Waals surface area contributed by atoms with E-state index < -0.39 is 21.4 Å². The van der Waals surface area contributed by atoms with E-state index in [0.29, 0.717) is 30.0 Å². The molecule has 1 N–H and O–H groups in total. The summed E-state index contributed by atoms with van der Waals surface area (Å²) in [7, 11) is -2.89. The van der Waals surface area contributed by atoms with Crippen LogP contribution in [-0.4, -0.2) is 73.2 Å². The first-order valence-electron chi connectivity index (χ1n) is 13.0. The summed E-state index contributed by atoms with van der Waals surface area (Å²) in [6.07, 6.45) is 4.46. The first-order valence-corrected chi connectivity index (χ1v) is 14.8. The number of rotatable bonds is 9. The van der Waals surface area contributed by atoms with Crippen LogP contribution in [-0.2, 0) is 14.8 Å². The van der Waals surface area contributed by atoms with Crippen molar-refractivity contribution in [3.63, 3.8) is 0 Å². The molecule has 5 rings (SSSR count). The second-order valence-electron chi connectivity index (χ2n) is 10.2. The molecule has 0 amide bonds. The Labute approximate surface area is 246 Å². The Balaban J connectivity index is 1.44. The van der Waals surface area contributed by atoms with E-state index in [1.807, 2.05) is 0 Å². The summed E-state index contributed by atoms with van der Waals surface area (Å²) in [4.78, 5) is 23.9.